The molecule has 1 aliphatic rings. The minimum Gasteiger partial charge on any atom is -0.491 e. The van der Waals surface area contributed by atoms with E-state index in [2.05, 4.69) is 20.5 Å². The molecule has 1 aliphatic carbocycles. The van der Waals surface area contributed by atoms with Crippen molar-refractivity contribution in [1.82, 2.24) is 20.5 Å². The number of nitrogens with one attached hydrogen (secondary N) is 2. The fraction of sp³-hybridized carbons (Fsp3) is 0.474. The summed E-state index contributed by atoms with van der Waals surface area (Å²) in [6, 6.07) is 7.19. The van der Waals surface area contributed by atoms with Gasteiger partial charge in [-0.1, -0.05) is 0 Å². The highest BCUT2D eigenvalue weighted by molar-refractivity contribution is 5.76. The Kier molecular flexibility index (Phi) is 6.54. The average Bonchev–Trinajstić information content (AvgIpc) is 3.51. The number of hydrogen-bond donors (Lipinski definition) is 2. The van der Waals surface area contributed by atoms with E-state index < -0.39 is 0 Å². The minimum absolute atomic E-state index is 0.0590. The number of aryl methyl sites for hydroxylation is 1. The number of hydrogen-bond acceptors (Lipinski definition) is 6. The van der Waals surface area contributed by atoms with Crippen LogP contribution < -0.4 is 15.6 Å². The molecule has 1 fully saturated rings. The zero-order valence-corrected chi connectivity index (χ0v) is 15.4. The maximum absolute atomic E-state index is 12.2. The molecule has 1 aromatic carbocycles. The third-order valence-electron chi connectivity index (χ3n) is 4.32. The standard InChI is InChI=1S/C19H24N4O4/c1-26-10-11-27-15-6-4-14(5-7-15)18-21-19(25)16(22-23-18)8-9-17(24)20-12-13-2-3-13/h4-7,13H,2-3,8-12H2,1H3,(H,20,24)(H,21,23,25). The van der Waals surface area contributed by atoms with Gasteiger partial charge in [0, 0.05) is 32.1 Å². The van der Waals surface area contributed by atoms with Gasteiger partial charge >= 0.3 is 0 Å². The summed E-state index contributed by atoms with van der Waals surface area (Å²) in [6.07, 6.45) is 2.88. The van der Waals surface area contributed by atoms with Crippen molar-refractivity contribution in [2.75, 3.05) is 26.9 Å². The Morgan fingerprint density at radius 2 is 2.00 bits per heavy atom. The largest absolute Gasteiger partial charge is 0.491 e. The van der Waals surface area contributed by atoms with Gasteiger partial charge in [0.05, 0.1) is 6.61 Å². The Morgan fingerprint density at radius 3 is 2.67 bits per heavy atom. The van der Waals surface area contributed by atoms with Crippen LogP contribution in [-0.4, -0.2) is 48.0 Å². The predicted molar refractivity (Wildman–Crippen MR) is 99.5 cm³/mol. The Labute approximate surface area is 157 Å². The highest BCUT2D eigenvalue weighted by atomic mass is 16.5. The quantitative estimate of drug-likeness (QED) is 0.609. The fourth-order valence-electron chi connectivity index (χ4n) is 2.51. The van der Waals surface area contributed by atoms with E-state index in [1.165, 1.54) is 12.8 Å². The van der Waals surface area contributed by atoms with Crippen LogP contribution in [0.5, 0.6) is 5.75 Å². The third-order valence-corrected chi connectivity index (χ3v) is 4.32. The van der Waals surface area contributed by atoms with Gasteiger partial charge in [0.15, 0.2) is 5.82 Å². The van der Waals surface area contributed by atoms with E-state index in [9.17, 15) is 9.59 Å². The number of aromatic amines is 1. The summed E-state index contributed by atoms with van der Waals surface area (Å²) in [5.74, 6) is 1.66. The van der Waals surface area contributed by atoms with Gasteiger partial charge in [0.25, 0.3) is 5.56 Å². The number of ether oxygens (including phenoxy) is 2. The van der Waals surface area contributed by atoms with Crippen LogP contribution in [0.15, 0.2) is 29.1 Å². The van der Waals surface area contributed by atoms with Gasteiger partial charge in [-0.25, -0.2) is 0 Å². The molecule has 2 N–H and O–H groups in total. The fourth-order valence-corrected chi connectivity index (χ4v) is 2.51. The molecule has 0 radical (unpaired) electrons. The lowest BCUT2D eigenvalue weighted by Gasteiger charge is -2.07. The molecule has 0 unspecified atom stereocenters. The molecule has 0 atom stereocenters. The number of amides is 1. The summed E-state index contributed by atoms with van der Waals surface area (Å²) in [5, 5.41) is 11.0. The van der Waals surface area contributed by atoms with Crippen molar-refractivity contribution in [2.24, 2.45) is 5.92 Å². The molecule has 0 saturated heterocycles. The first-order valence-electron chi connectivity index (χ1n) is 9.10. The molecular formula is C19H24N4O4. The predicted octanol–water partition coefficient (Wildman–Crippen LogP) is 1.32. The van der Waals surface area contributed by atoms with Crippen LogP contribution in [0.2, 0.25) is 0 Å². The lowest BCUT2D eigenvalue weighted by atomic mass is 10.2. The van der Waals surface area contributed by atoms with Crippen molar-refractivity contribution >= 4 is 5.91 Å². The maximum atomic E-state index is 12.2. The lowest BCUT2D eigenvalue weighted by Crippen LogP contribution is -2.27. The smallest absolute Gasteiger partial charge is 0.273 e. The summed E-state index contributed by atoms with van der Waals surface area (Å²) < 4.78 is 10.4. The maximum Gasteiger partial charge on any atom is 0.273 e. The molecule has 3 rings (SSSR count). The van der Waals surface area contributed by atoms with E-state index in [4.69, 9.17) is 9.47 Å². The van der Waals surface area contributed by atoms with Crippen LogP contribution in [0.4, 0.5) is 0 Å². The van der Waals surface area contributed by atoms with Gasteiger partial charge in [-0.15, -0.1) is 10.2 Å². The summed E-state index contributed by atoms with van der Waals surface area (Å²) >= 11 is 0. The molecule has 1 saturated carbocycles. The van der Waals surface area contributed by atoms with Crippen molar-refractivity contribution in [3.8, 4) is 17.1 Å². The number of benzene rings is 1. The van der Waals surface area contributed by atoms with Gasteiger partial charge in [-0.05, 0) is 43.0 Å². The summed E-state index contributed by atoms with van der Waals surface area (Å²) in [5.41, 5.74) is 0.669. The molecule has 0 aliphatic heterocycles. The number of H-pyrrole nitrogens is 1. The lowest BCUT2D eigenvalue weighted by molar-refractivity contribution is -0.121. The third kappa shape index (κ3) is 5.89. The first-order valence-corrected chi connectivity index (χ1v) is 9.10. The molecule has 1 amide bonds. The normalized spacial score (nSPS) is 13.4. The SMILES string of the molecule is COCCOc1ccc(-c2nnc(CCC(=O)NCC3CC3)c(=O)[nH]2)cc1. The van der Waals surface area contributed by atoms with Gasteiger partial charge in [0.1, 0.15) is 18.1 Å². The van der Waals surface area contributed by atoms with Crippen LogP contribution in [0.1, 0.15) is 25.0 Å². The van der Waals surface area contributed by atoms with Crippen molar-refractivity contribution in [3.63, 3.8) is 0 Å². The molecular weight excluding hydrogens is 348 g/mol. The van der Waals surface area contributed by atoms with Crippen molar-refractivity contribution in [2.45, 2.75) is 25.7 Å². The van der Waals surface area contributed by atoms with Crippen LogP contribution in [0.3, 0.4) is 0 Å². The molecule has 2 aromatic rings. The van der Waals surface area contributed by atoms with E-state index in [-0.39, 0.29) is 30.0 Å². The Morgan fingerprint density at radius 1 is 1.22 bits per heavy atom. The molecule has 0 spiro atoms. The van der Waals surface area contributed by atoms with E-state index in [0.29, 0.717) is 30.7 Å². The number of methoxy groups -OCH3 is 1. The van der Waals surface area contributed by atoms with E-state index >= 15 is 0 Å². The van der Waals surface area contributed by atoms with Gasteiger partial charge in [-0.2, -0.15) is 0 Å². The number of carbonyl (C=O) groups is 1. The first-order chi connectivity index (χ1) is 13.2. The summed E-state index contributed by atoms with van der Waals surface area (Å²) in [6.45, 7) is 1.71. The number of aromatic nitrogens is 3. The first kappa shape index (κ1) is 19.0. The molecule has 8 heteroatoms. The molecule has 1 heterocycles. The topological polar surface area (TPSA) is 106 Å². The van der Waals surface area contributed by atoms with Crippen LogP contribution in [0.25, 0.3) is 11.4 Å². The van der Waals surface area contributed by atoms with Gasteiger partial charge in [-0.3, -0.25) is 9.59 Å². The molecule has 144 valence electrons. The van der Waals surface area contributed by atoms with Crippen LogP contribution in [0, 0.1) is 5.92 Å². The minimum atomic E-state index is -0.324. The highest BCUT2D eigenvalue weighted by Crippen LogP contribution is 2.27. The summed E-state index contributed by atoms with van der Waals surface area (Å²) in [7, 11) is 1.62. The Balaban J connectivity index is 1.55. The number of rotatable bonds is 10. The monoisotopic (exact) mass is 372 g/mol. The second-order valence-electron chi connectivity index (χ2n) is 6.56. The molecule has 8 nitrogen and oxygen atoms in total. The van der Waals surface area contributed by atoms with E-state index in [1.54, 1.807) is 31.4 Å². The van der Waals surface area contributed by atoms with E-state index in [1.807, 2.05) is 0 Å². The van der Waals surface area contributed by atoms with E-state index in [0.717, 1.165) is 12.1 Å². The zero-order chi connectivity index (χ0) is 19.1. The zero-order valence-electron chi connectivity index (χ0n) is 15.4. The highest BCUT2D eigenvalue weighted by Gasteiger charge is 2.21. The van der Waals surface area contributed by atoms with Crippen LogP contribution in [-0.2, 0) is 16.0 Å². The second-order valence-corrected chi connectivity index (χ2v) is 6.56. The van der Waals surface area contributed by atoms with Crippen LogP contribution >= 0.6 is 0 Å². The average molecular weight is 372 g/mol. The Hall–Kier alpha value is -2.74. The number of nitrogens with zero attached hydrogens (tertiary/aromatic N) is 2. The van der Waals surface area contributed by atoms with Gasteiger partial charge < -0.3 is 19.8 Å². The van der Waals surface area contributed by atoms with Crippen molar-refractivity contribution in [1.29, 1.82) is 0 Å². The number of carbonyl (C=O) groups excluding carboxylic acids is 1. The Bertz CT molecular complexity index is 815. The second kappa shape index (κ2) is 9.27. The van der Waals surface area contributed by atoms with Gasteiger partial charge in [0.2, 0.25) is 5.91 Å². The summed E-state index contributed by atoms with van der Waals surface area (Å²) in [4.78, 5) is 26.7. The molecule has 27 heavy (non-hydrogen) atoms. The molecule has 1 aromatic heterocycles. The van der Waals surface area contributed by atoms with Crippen molar-refractivity contribution < 1.29 is 14.3 Å². The van der Waals surface area contributed by atoms with Crippen molar-refractivity contribution in [3.05, 3.63) is 40.3 Å². The molecule has 0 bridgehead atoms.